The Kier molecular flexibility index (Phi) is 4.92. The fourth-order valence-corrected chi connectivity index (χ4v) is 3.19. The molecule has 1 saturated carbocycles. The average Bonchev–Trinajstić information content (AvgIpc) is 3.45. The number of rotatable bonds is 5. The van der Waals surface area contributed by atoms with Gasteiger partial charge in [0.1, 0.15) is 17.7 Å². The molecule has 0 aliphatic heterocycles. The number of nitrogens with one attached hydrogen (secondary N) is 1. The van der Waals surface area contributed by atoms with E-state index in [0.29, 0.717) is 23.6 Å². The molecule has 1 aliphatic rings. The number of carbonyl (C=O) groups excluding carboxylic acids is 1. The van der Waals surface area contributed by atoms with Gasteiger partial charge in [-0.3, -0.25) is 14.8 Å². The van der Waals surface area contributed by atoms with Gasteiger partial charge in [0.25, 0.3) is 0 Å². The lowest BCUT2D eigenvalue weighted by Crippen LogP contribution is -2.15. The van der Waals surface area contributed by atoms with Crippen molar-refractivity contribution in [2.75, 3.05) is 5.32 Å². The van der Waals surface area contributed by atoms with E-state index < -0.39 is 12.1 Å². The number of nitrogens with zero attached hydrogens (tertiary/aromatic N) is 4. The number of anilines is 1. The normalized spacial score (nSPS) is 18.7. The summed E-state index contributed by atoms with van der Waals surface area (Å²) in [4.78, 5) is 25.0. The number of aryl methyl sites for hydroxylation is 1. The van der Waals surface area contributed by atoms with Crippen molar-refractivity contribution < 1.29 is 14.4 Å². The van der Waals surface area contributed by atoms with Crippen LogP contribution in [0.5, 0.6) is 0 Å². The molecule has 29 heavy (non-hydrogen) atoms. The first-order chi connectivity index (χ1) is 14.0. The first-order valence-electron chi connectivity index (χ1n) is 9.39. The van der Waals surface area contributed by atoms with Gasteiger partial charge >= 0.3 is 0 Å². The van der Waals surface area contributed by atoms with E-state index in [0.717, 1.165) is 27.6 Å². The molecule has 1 amide bonds. The van der Waals surface area contributed by atoms with Crippen molar-refractivity contribution in [1.29, 1.82) is 0 Å². The van der Waals surface area contributed by atoms with E-state index >= 15 is 0 Å². The third-order valence-corrected chi connectivity index (χ3v) is 5.04. The minimum atomic E-state index is -1.04. The van der Waals surface area contributed by atoms with Crippen LogP contribution in [0.1, 0.15) is 31.0 Å². The molecule has 1 fully saturated rings. The molecule has 0 unspecified atom stereocenters. The standard InChI is InChI=1S/C21H20FN5O2/c1-3-17(27-29)19-4-11(2)15(10-24-19)18-5-12-9-25-20(6-13(12)8-23-18)26-21(28)14-7-16(14)22/h4-6,8-10,14,16,29H,3,7H2,1-2H3,(H,25,26,28)/b27-17-/t14-,16+/m1/s1. The Labute approximate surface area is 166 Å². The van der Waals surface area contributed by atoms with E-state index in [9.17, 15) is 9.18 Å². The molecule has 2 atom stereocenters. The Hall–Kier alpha value is -3.42. The first-order valence-corrected chi connectivity index (χ1v) is 9.39. The van der Waals surface area contributed by atoms with Gasteiger partial charge in [0.05, 0.1) is 17.3 Å². The number of carbonyl (C=O) groups is 1. The lowest BCUT2D eigenvalue weighted by molar-refractivity contribution is -0.117. The SMILES string of the molecule is CC/C(=N/O)c1cc(C)c(-c2cc3cnc(NC(=O)[C@@H]4C[C@@H]4F)cc3cn2)cn1. The number of alkyl halides is 1. The van der Waals surface area contributed by atoms with Crippen molar-refractivity contribution in [3.63, 3.8) is 0 Å². The van der Waals surface area contributed by atoms with Crippen LogP contribution in [0, 0.1) is 12.8 Å². The third-order valence-electron chi connectivity index (χ3n) is 5.04. The summed E-state index contributed by atoms with van der Waals surface area (Å²) in [5, 5.41) is 16.7. The summed E-state index contributed by atoms with van der Waals surface area (Å²) in [6.07, 6.45) is 4.89. The van der Waals surface area contributed by atoms with Gasteiger partial charge in [-0.05, 0) is 43.5 Å². The highest BCUT2D eigenvalue weighted by molar-refractivity contribution is 5.99. The number of aromatic nitrogens is 3. The maximum atomic E-state index is 13.0. The smallest absolute Gasteiger partial charge is 0.231 e. The molecule has 0 radical (unpaired) electrons. The van der Waals surface area contributed by atoms with Crippen LogP contribution >= 0.6 is 0 Å². The van der Waals surface area contributed by atoms with Crippen LogP contribution < -0.4 is 5.32 Å². The van der Waals surface area contributed by atoms with Gasteiger partial charge < -0.3 is 10.5 Å². The topological polar surface area (TPSA) is 100 Å². The minimum Gasteiger partial charge on any atom is -0.411 e. The Bertz CT molecular complexity index is 1130. The van der Waals surface area contributed by atoms with Crippen LogP contribution in [-0.2, 0) is 4.79 Å². The number of fused-ring (bicyclic) bond motifs is 1. The molecule has 1 aliphatic carbocycles. The lowest BCUT2D eigenvalue weighted by Gasteiger charge is -2.09. The van der Waals surface area contributed by atoms with E-state index in [1.807, 2.05) is 26.0 Å². The molecule has 148 valence electrons. The molecule has 2 N–H and O–H groups in total. The molecular formula is C21H20FN5O2. The van der Waals surface area contributed by atoms with Crippen molar-refractivity contribution in [2.45, 2.75) is 32.9 Å². The van der Waals surface area contributed by atoms with Gasteiger partial charge in [-0.25, -0.2) is 9.37 Å². The fraction of sp³-hybridized carbons (Fsp3) is 0.286. The third kappa shape index (κ3) is 3.78. The summed E-state index contributed by atoms with van der Waals surface area (Å²) in [7, 11) is 0. The number of hydrogen-bond donors (Lipinski definition) is 2. The molecule has 8 heteroatoms. The van der Waals surface area contributed by atoms with E-state index in [-0.39, 0.29) is 12.3 Å². The van der Waals surface area contributed by atoms with E-state index in [2.05, 4.69) is 25.4 Å². The molecule has 0 spiro atoms. The minimum absolute atomic E-state index is 0.278. The van der Waals surface area contributed by atoms with Gasteiger partial charge in [-0.15, -0.1) is 0 Å². The largest absolute Gasteiger partial charge is 0.411 e. The molecule has 0 saturated heterocycles. The Morgan fingerprint density at radius 3 is 2.59 bits per heavy atom. The van der Waals surface area contributed by atoms with Gasteiger partial charge in [0.2, 0.25) is 5.91 Å². The maximum Gasteiger partial charge on any atom is 0.231 e. The zero-order valence-electron chi connectivity index (χ0n) is 16.1. The predicted octanol–water partition coefficient (Wildman–Crippen LogP) is 3.89. The second-order valence-corrected chi connectivity index (χ2v) is 7.12. The van der Waals surface area contributed by atoms with Crippen LogP contribution in [-0.4, -0.2) is 37.9 Å². The number of halogens is 1. The fourth-order valence-electron chi connectivity index (χ4n) is 3.19. The number of amides is 1. The van der Waals surface area contributed by atoms with Crippen LogP contribution in [0.4, 0.5) is 10.2 Å². The van der Waals surface area contributed by atoms with E-state index in [1.54, 1.807) is 24.7 Å². The Balaban J connectivity index is 1.60. The van der Waals surface area contributed by atoms with Crippen molar-refractivity contribution >= 4 is 28.2 Å². The molecule has 0 aromatic carbocycles. The van der Waals surface area contributed by atoms with Crippen LogP contribution in [0.25, 0.3) is 22.0 Å². The highest BCUT2D eigenvalue weighted by atomic mass is 19.1. The quantitative estimate of drug-likeness (QED) is 0.389. The predicted molar refractivity (Wildman–Crippen MR) is 108 cm³/mol. The highest BCUT2D eigenvalue weighted by Gasteiger charge is 2.43. The summed E-state index contributed by atoms with van der Waals surface area (Å²) in [6, 6.07) is 5.49. The lowest BCUT2D eigenvalue weighted by atomic mass is 10.0. The van der Waals surface area contributed by atoms with Crippen molar-refractivity contribution in [3.05, 3.63) is 48.0 Å². The van der Waals surface area contributed by atoms with Crippen LogP contribution in [0.15, 0.2) is 41.9 Å². The molecule has 3 aromatic rings. The Morgan fingerprint density at radius 1 is 1.21 bits per heavy atom. The monoisotopic (exact) mass is 393 g/mol. The first kappa shape index (κ1) is 18.9. The summed E-state index contributed by atoms with van der Waals surface area (Å²) in [5.74, 6) is -0.516. The number of pyridine rings is 3. The number of oxime groups is 1. The van der Waals surface area contributed by atoms with Gasteiger partial charge in [-0.1, -0.05) is 12.1 Å². The summed E-state index contributed by atoms with van der Waals surface area (Å²) < 4.78 is 13.0. The zero-order chi connectivity index (χ0) is 20.5. The average molecular weight is 393 g/mol. The highest BCUT2D eigenvalue weighted by Crippen LogP contribution is 2.34. The van der Waals surface area contributed by atoms with E-state index in [4.69, 9.17) is 5.21 Å². The van der Waals surface area contributed by atoms with Gasteiger partial charge in [-0.2, -0.15) is 0 Å². The van der Waals surface area contributed by atoms with Gasteiger partial charge in [0, 0.05) is 34.9 Å². The zero-order valence-corrected chi connectivity index (χ0v) is 16.1. The molecule has 7 nitrogen and oxygen atoms in total. The molecule has 3 heterocycles. The maximum absolute atomic E-state index is 13.0. The molecular weight excluding hydrogens is 373 g/mol. The Morgan fingerprint density at radius 2 is 1.93 bits per heavy atom. The molecule has 0 bridgehead atoms. The van der Waals surface area contributed by atoms with Crippen LogP contribution in [0.2, 0.25) is 0 Å². The van der Waals surface area contributed by atoms with Crippen LogP contribution in [0.3, 0.4) is 0 Å². The second kappa shape index (κ2) is 7.54. The van der Waals surface area contributed by atoms with E-state index in [1.165, 1.54) is 0 Å². The molecule has 3 aromatic heterocycles. The summed E-state index contributed by atoms with van der Waals surface area (Å²) in [6.45, 7) is 3.85. The van der Waals surface area contributed by atoms with Crippen molar-refractivity contribution in [1.82, 2.24) is 15.0 Å². The summed E-state index contributed by atoms with van der Waals surface area (Å²) >= 11 is 0. The number of hydrogen-bond acceptors (Lipinski definition) is 6. The second-order valence-electron chi connectivity index (χ2n) is 7.12. The molecule has 4 rings (SSSR count). The van der Waals surface area contributed by atoms with Crippen molar-refractivity contribution in [2.24, 2.45) is 11.1 Å². The van der Waals surface area contributed by atoms with Gasteiger partial charge in [0.15, 0.2) is 0 Å². The summed E-state index contributed by atoms with van der Waals surface area (Å²) in [5.41, 5.74) is 3.72. The van der Waals surface area contributed by atoms with Crippen molar-refractivity contribution in [3.8, 4) is 11.3 Å².